The minimum Gasteiger partial charge on any atom is -0.497 e. The predicted octanol–water partition coefficient (Wildman–Crippen LogP) is 6.58. The van der Waals surface area contributed by atoms with E-state index < -0.39 is 0 Å². The molecule has 166 valence electrons. The van der Waals surface area contributed by atoms with Crippen LogP contribution in [-0.2, 0) is 0 Å². The van der Waals surface area contributed by atoms with Crippen molar-refractivity contribution in [2.75, 3.05) is 24.3 Å². The van der Waals surface area contributed by atoms with Crippen LogP contribution >= 0.6 is 23.5 Å². The molecule has 4 rings (SSSR count). The second-order valence-corrected chi connectivity index (χ2v) is 7.42. The van der Waals surface area contributed by atoms with Crippen LogP contribution in [0.25, 0.3) is 11.0 Å². The van der Waals surface area contributed by atoms with E-state index in [0.29, 0.717) is 28.3 Å². The van der Waals surface area contributed by atoms with E-state index in [9.17, 15) is 0 Å². The Labute approximate surface area is 196 Å². The van der Waals surface area contributed by atoms with Crippen molar-refractivity contribution < 1.29 is 9.47 Å². The van der Waals surface area contributed by atoms with Gasteiger partial charge in [-0.2, -0.15) is 0 Å². The number of hydrogen-bond acceptors (Lipinski definition) is 8. The number of nitrogens with one attached hydrogen (secondary N) is 2. The number of anilines is 3. The molecule has 0 aliphatic rings. The molecule has 0 saturated carbocycles. The van der Waals surface area contributed by atoms with Gasteiger partial charge in [-0.15, -0.1) is 0 Å². The average Bonchev–Trinajstić information content (AvgIpc) is 2.84. The molecule has 2 N–H and O–H groups in total. The van der Waals surface area contributed by atoms with Crippen molar-refractivity contribution in [3.8, 4) is 11.5 Å². The second kappa shape index (κ2) is 11.4. The number of hydrogen-bond donors (Lipinski definition) is 2. The average molecular weight is 470 g/mol. The van der Waals surface area contributed by atoms with Crippen LogP contribution in [0.15, 0.2) is 65.7 Å². The molecule has 0 bridgehead atoms. The summed E-state index contributed by atoms with van der Waals surface area (Å²) in [6, 6.07) is 16.8. The first-order valence-electron chi connectivity index (χ1n) is 9.96. The molecule has 0 unspecified atom stereocenters. The van der Waals surface area contributed by atoms with Gasteiger partial charge in [0, 0.05) is 35.0 Å². The molecule has 9 heteroatoms. The van der Waals surface area contributed by atoms with Gasteiger partial charge in [-0.25, -0.2) is 15.0 Å². The zero-order valence-corrected chi connectivity index (χ0v) is 19.8. The SMILES string of the molecule is CC.COc1cc(Nc2nc3ccccc3nc2NSc2ccc(Cl)nc2)cc(OC)c1. The maximum Gasteiger partial charge on any atom is 0.180 e. The van der Waals surface area contributed by atoms with Crippen LogP contribution in [-0.4, -0.2) is 29.2 Å². The Hall–Kier alpha value is -3.23. The Balaban J connectivity index is 0.00000141. The molecule has 0 spiro atoms. The Morgan fingerprint density at radius 1 is 0.844 bits per heavy atom. The van der Waals surface area contributed by atoms with Crippen LogP contribution in [0.5, 0.6) is 11.5 Å². The van der Waals surface area contributed by atoms with Gasteiger partial charge in [-0.1, -0.05) is 37.6 Å². The van der Waals surface area contributed by atoms with Crippen molar-refractivity contribution in [3.63, 3.8) is 0 Å². The summed E-state index contributed by atoms with van der Waals surface area (Å²) < 4.78 is 14.0. The molecule has 0 aliphatic heterocycles. The monoisotopic (exact) mass is 469 g/mol. The normalized spacial score (nSPS) is 10.2. The van der Waals surface area contributed by atoms with E-state index >= 15 is 0 Å². The second-order valence-electron chi connectivity index (χ2n) is 6.16. The maximum atomic E-state index is 5.87. The summed E-state index contributed by atoms with van der Waals surface area (Å²) in [5.74, 6) is 2.48. The number of ether oxygens (including phenoxy) is 2. The number of rotatable bonds is 7. The fraction of sp³-hybridized carbons (Fsp3) is 0.174. The van der Waals surface area contributed by atoms with E-state index in [2.05, 4.69) is 15.0 Å². The van der Waals surface area contributed by atoms with Crippen molar-refractivity contribution in [2.24, 2.45) is 0 Å². The van der Waals surface area contributed by atoms with Crippen molar-refractivity contribution in [2.45, 2.75) is 18.7 Å². The summed E-state index contributed by atoms with van der Waals surface area (Å²) in [4.78, 5) is 14.5. The number of methoxy groups -OCH3 is 2. The number of benzene rings is 2. The zero-order chi connectivity index (χ0) is 22.9. The topological polar surface area (TPSA) is 81.2 Å². The van der Waals surface area contributed by atoms with Gasteiger partial charge in [0.2, 0.25) is 0 Å². The number of halogens is 1. The highest BCUT2D eigenvalue weighted by atomic mass is 35.5. The van der Waals surface area contributed by atoms with Crippen LogP contribution in [0.3, 0.4) is 0 Å². The summed E-state index contributed by atoms with van der Waals surface area (Å²) in [5, 5.41) is 3.76. The van der Waals surface area contributed by atoms with Gasteiger partial charge in [-0.3, -0.25) is 0 Å². The number of fused-ring (bicyclic) bond motifs is 1. The molecule has 2 aromatic carbocycles. The quantitative estimate of drug-likeness (QED) is 0.232. The van der Waals surface area contributed by atoms with Gasteiger partial charge in [0.25, 0.3) is 0 Å². The number of nitrogens with zero attached hydrogens (tertiary/aromatic N) is 3. The highest BCUT2D eigenvalue weighted by molar-refractivity contribution is 8.00. The molecular formula is C23H24ClN5O2S. The third-order valence-electron chi connectivity index (χ3n) is 4.15. The molecule has 32 heavy (non-hydrogen) atoms. The highest BCUT2D eigenvalue weighted by Gasteiger charge is 2.11. The summed E-state index contributed by atoms with van der Waals surface area (Å²) in [6.45, 7) is 4.00. The molecule has 4 aromatic rings. The third-order valence-corrected chi connectivity index (χ3v) is 5.15. The molecule has 0 fully saturated rings. The van der Waals surface area contributed by atoms with Crippen LogP contribution in [0.4, 0.5) is 17.3 Å². The van der Waals surface area contributed by atoms with Crippen molar-refractivity contribution in [3.05, 3.63) is 65.9 Å². The van der Waals surface area contributed by atoms with Crippen LogP contribution in [0.1, 0.15) is 13.8 Å². The number of pyridine rings is 1. The number of aromatic nitrogens is 3. The van der Waals surface area contributed by atoms with Crippen molar-refractivity contribution in [1.29, 1.82) is 0 Å². The standard InChI is InChI=1S/C21H18ClN5O2S.C2H6/c1-28-14-9-13(10-15(11-14)29-2)24-20-21(26-18-6-4-3-5-17(18)25-20)27-30-16-7-8-19(22)23-12-16;1-2/h3-12H,1-2H3,(H,24,25)(H,26,27);1-2H3. The smallest absolute Gasteiger partial charge is 0.180 e. The number of para-hydroxylation sites is 2. The minimum absolute atomic E-state index is 0.444. The van der Waals surface area contributed by atoms with Crippen LogP contribution < -0.4 is 19.5 Å². The van der Waals surface area contributed by atoms with E-state index in [-0.39, 0.29) is 0 Å². The van der Waals surface area contributed by atoms with E-state index in [0.717, 1.165) is 21.6 Å². The van der Waals surface area contributed by atoms with Crippen LogP contribution in [0.2, 0.25) is 5.15 Å². The largest absolute Gasteiger partial charge is 0.497 e. The third kappa shape index (κ3) is 5.93. The van der Waals surface area contributed by atoms with Crippen molar-refractivity contribution in [1.82, 2.24) is 15.0 Å². The van der Waals surface area contributed by atoms with Gasteiger partial charge >= 0.3 is 0 Å². The zero-order valence-electron chi connectivity index (χ0n) is 18.2. The molecular weight excluding hydrogens is 446 g/mol. The summed E-state index contributed by atoms with van der Waals surface area (Å²) >= 11 is 7.23. The van der Waals surface area contributed by atoms with Gasteiger partial charge in [0.05, 0.1) is 25.3 Å². The van der Waals surface area contributed by atoms with Gasteiger partial charge in [0.15, 0.2) is 11.6 Å². The van der Waals surface area contributed by atoms with E-state index in [1.165, 1.54) is 11.9 Å². The first-order chi connectivity index (χ1) is 15.6. The Morgan fingerprint density at radius 2 is 1.47 bits per heavy atom. The lowest BCUT2D eigenvalue weighted by atomic mass is 10.2. The van der Waals surface area contributed by atoms with Gasteiger partial charge < -0.3 is 19.5 Å². The van der Waals surface area contributed by atoms with Crippen LogP contribution in [0, 0.1) is 0 Å². The Bertz CT molecular complexity index is 1150. The maximum absolute atomic E-state index is 5.87. The lowest BCUT2D eigenvalue weighted by Gasteiger charge is -2.14. The van der Waals surface area contributed by atoms with E-state index in [1.54, 1.807) is 32.5 Å². The lowest BCUT2D eigenvalue weighted by molar-refractivity contribution is 0.395. The molecule has 0 radical (unpaired) electrons. The Morgan fingerprint density at radius 3 is 2.03 bits per heavy atom. The molecule has 0 atom stereocenters. The fourth-order valence-corrected chi connectivity index (χ4v) is 3.41. The minimum atomic E-state index is 0.444. The molecule has 0 amide bonds. The molecule has 2 aromatic heterocycles. The molecule has 7 nitrogen and oxygen atoms in total. The summed E-state index contributed by atoms with van der Waals surface area (Å²) in [5.41, 5.74) is 2.32. The summed E-state index contributed by atoms with van der Waals surface area (Å²) in [6.07, 6.45) is 1.69. The fourth-order valence-electron chi connectivity index (χ4n) is 2.70. The van der Waals surface area contributed by atoms with E-state index in [4.69, 9.17) is 31.0 Å². The van der Waals surface area contributed by atoms with Gasteiger partial charge in [-0.05, 0) is 36.2 Å². The van der Waals surface area contributed by atoms with Crippen molar-refractivity contribution >= 4 is 51.9 Å². The molecule has 0 aliphatic carbocycles. The highest BCUT2D eigenvalue weighted by Crippen LogP contribution is 2.32. The molecule has 0 saturated heterocycles. The van der Waals surface area contributed by atoms with E-state index in [1.807, 2.05) is 56.3 Å². The first-order valence-corrected chi connectivity index (χ1v) is 11.2. The summed E-state index contributed by atoms with van der Waals surface area (Å²) in [7, 11) is 3.22. The predicted molar refractivity (Wildman–Crippen MR) is 132 cm³/mol. The molecule has 2 heterocycles. The lowest BCUT2D eigenvalue weighted by Crippen LogP contribution is -2.02. The Kier molecular flexibility index (Phi) is 8.35. The van der Waals surface area contributed by atoms with Gasteiger partial charge in [0.1, 0.15) is 16.7 Å². The first kappa shape index (κ1) is 23.4.